The molecule has 0 atom stereocenters. The molecule has 0 bridgehead atoms. The quantitative estimate of drug-likeness (QED) is 0.475. The lowest BCUT2D eigenvalue weighted by Gasteiger charge is -2.04. The van der Waals surface area contributed by atoms with Crippen molar-refractivity contribution in [2.45, 2.75) is 6.92 Å². The molecule has 0 radical (unpaired) electrons. The molecular formula is C22H17N3O3S. The predicted molar refractivity (Wildman–Crippen MR) is 114 cm³/mol. The Balaban J connectivity index is 1.46. The minimum atomic E-state index is -0.290. The van der Waals surface area contributed by atoms with Gasteiger partial charge >= 0.3 is 0 Å². The number of hydrogen-bond donors (Lipinski definition) is 2. The second-order valence-corrected chi connectivity index (χ2v) is 7.16. The van der Waals surface area contributed by atoms with Crippen LogP contribution in [0.15, 0.2) is 76.7 Å². The normalized spacial score (nSPS) is 10.5. The first kappa shape index (κ1) is 18.6. The van der Waals surface area contributed by atoms with Gasteiger partial charge in [0.1, 0.15) is 5.01 Å². The summed E-state index contributed by atoms with van der Waals surface area (Å²) >= 11 is 1.55. The van der Waals surface area contributed by atoms with Crippen molar-refractivity contribution in [3.05, 3.63) is 78.1 Å². The van der Waals surface area contributed by atoms with Gasteiger partial charge in [0, 0.05) is 34.8 Å². The summed E-state index contributed by atoms with van der Waals surface area (Å²) in [5, 5.41) is 8.42. The van der Waals surface area contributed by atoms with Crippen molar-refractivity contribution >= 4 is 34.5 Å². The van der Waals surface area contributed by atoms with Crippen LogP contribution < -0.4 is 10.6 Å². The van der Waals surface area contributed by atoms with Gasteiger partial charge in [0.15, 0.2) is 5.76 Å². The van der Waals surface area contributed by atoms with Crippen LogP contribution in [0.25, 0.3) is 21.8 Å². The number of hydrogen-bond acceptors (Lipinski definition) is 5. The summed E-state index contributed by atoms with van der Waals surface area (Å²) in [6.07, 6.45) is 1.46. The monoisotopic (exact) mass is 403 g/mol. The van der Waals surface area contributed by atoms with E-state index in [1.165, 1.54) is 13.2 Å². The predicted octanol–water partition coefficient (Wildman–Crippen LogP) is 5.28. The Morgan fingerprint density at radius 2 is 1.55 bits per heavy atom. The molecule has 7 heteroatoms. The van der Waals surface area contributed by atoms with Gasteiger partial charge in [-0.25, -0.2) is 4.98 Å². The van der Waals surface area contributed by atoms with Gasteiger partial charge in [0.05, 0.1) is 12.0 Å². The highest BCUT2D eigenvalue weighted by atomic mass is 32.1. The molecule has 2 aromatic heterocycles. The van der Waals surface area contributed by atoms with E-state index in [1.807, 2.05) is 53.9 Å². The van der Waals surface area contributed by atoms with E-state index in [9.17, 15) is 9.59 Å². The van der Waals surface area contributed by atoms with Crippen LogP contribution in [0.5, 0.6) is 0 Å². The van der Waals surface area contributed by atoms with Gasteiger partial charge in [-0.15, -0.1) is 11.3 Å². The molecule has 2 amide bonds. The molecule has 29 heavy (non-hydrogen) atoms. The number of thiazole rings is 1. The molecule has 6 nitrogen and oxygen atoms in total. The molecule has 4 aromatic rings. The molecule has 0 saturated heterocycles. The molecule has 0 fully saturated rings. The number of anilines is 2. The summed E-state index contributed by atoms with van der Waals surface area (Å²) < 4.78 is 5.09. The van der Waals surface area contributed by atoms with Gasteiger partial charge in [-0.05, 0) is 48.5 Å². The van der Waals surface area contributed by atoms with E-state index < -0.39 is 0 Å². The second kappa shape index (κ2) is 8.12. The number of aromatic nitrogens is 1. The number of nitrogens with zero attached hydrogens (tertiary/aromatic N) is 1. The number of carbonyl (C=O) groups excluding carboxylic acids is 2. The maximum Gasteiger partial charge on any atom is 0.291 e. The summed E-state index contributed by atoms with van der Waals surface area (Å²) in [6, 6.07) is 18.3. The highest BCUT2D eigenvalue weighted by molar-refractivity contribution is 7.13. The highest BCUT2D eigenvalue weighted by Crippen LogP contribution is 2.30. The Bertz CT molecular complexity index is 1130. The minimum Gasteiger partial charge on any atom is -0.459 e. The summed E-state index contributed by atoms with van der Waals surface area (Å²) in [5.74, 6) is -0.123. The fourth-order valence-corrected chi connectivity index (χ4v) is 3.60. The Hall–Kier alpha value is -3.71. The number of rotatable bonds is 5. The van der Waals surface area contributed by atoms with Gasteiger partial charge in [0.2, 0.25) is 5.91 Å². The zero-order valence-corrected chi connectivity index (χ0v) is 16.3. The van der Waals surface area contributed by atoms with Crippen LogP contribution >= 0.6 is 11.3 Å². The smallest absolute Gasteiger partial charge is 0.291 e. The molecule has 0 unspecified atom stereocenters. The first-order valence-corrected chi connectivity index (χ1v) is 9.75. The van der Waals surface area contributed by atoms with Crippen LogP contribution in [0.4, 0.5) is 11.4 Å². The number of amides is 2. The van der Waals surface area contributed by atoms with E-state index in [1.54, 1.807) is 23.5 Å². The van der Waals surface area contributed by atoms with E-state index in [4.69, 9.17) is 9.40 Å². The molecular weight excluding hydrogens is 386 g/mol. The molecule has 144 valence electrons. The van der Waals surface area contributed by atoms with E-state index in [2.05, 4.69) is 10.6 Å². The van der Waals surface area contributed by atoms with Gasteiger partial charge in [-0.2, -0.15) is 0 Å². The van der Waals surface area contributed by atoms with Crippen molar-refractivity contribution in [2.24, 2.45) is 0 Å². The average molecular weight is 403 g/mol. The number of furan rings is 1. The minimum absolute atomic E-state index is 0.0995. The van der Waals surface area contributed by atoms with E-state index in [0.717, 1.165) is 27.5 Å². The van der Waals surface area contributed by atoms with Crippen LogP contribution in [0.2, 0.25) is 0 Å². The van der Waals surface area contributed by atoms with Crippen LogP contribution in [0, 0.1) is 0 Å². The third-order valence-electron chi connectivity index (χ3n) is 4.14. The molecule has 0 saturated carbocycles. The molecule has 4 rings (SSSR count). The zero-order valence-electron chi connectivity index (χ0n) is 15.5. The lowest BCUT2D eigenvalue weighted by molar-refractivity contribution is -0.114. The summed E-state index contributed by atoms with van der Waals surface area (Å²) in [7, 11) is 0. The van der Waals surface area contributed by atoms with E-state index in [0.29, 0.717) is 5.69 Å². The number of nitrogens with one attached hydrogen (secondary N) is 2. The Morgan fingerprint density at radius 3 is 2.17 bits per heavy atom. The molecule has 0 spiro atoms. The van der Waals surface area contributed by atoms with Crippen molar-refractivity contribution in [3.8, 4) is 21.8 Å². The van der Waals surface area contributed by atoms with Crippen LogP contribution in [0.3, 0.4) is 0 Å². The molecule has 2 heterocycles. The van der Waals surface area contributed by atoms with Crippen molar-refractivity contribution in [3.63, 3.8) is 0 Å². The fourth-order valence-electron chi connectivity index (χ4n) is 2.76. The Labute approximate surface area is 171 Å². The third-order valence-corrected chi connectivity index (χ3v) is 5.03. The average Bonchev–Trinajstić information content (AvgIpc) is 3.41. The van der Waals surface area contributed by atoms with Gasteiger partial charge in [0.25, 0.3) is 5.91 Å². The second-order valence-electron chi connectivity index (χ2n) is 6.31. The number of benzene rings is 2. The zero-order chi connectivity index (χ0) is 20.2. The van der Waals surface area contributed by atoms with Gasteiger partial charge in [-0.3, -0.25) is 9.59 Å². The Morgan fingerprint density at radius 1 is 0.897 bits per heavy atom. The molecule has 0 aliphatic rings. The summed E-state index contributed by atoms with van der Waals surface area (Å²) in [4.78, 5) is 27.9. The van der Waals surface area contributed by atoms with Crippen molar-refractivity contribution in [2.75, 3.05) is 10.6 Å². The Kier molecular flexibility index (Phi) is 5.22. The van der Waals surface area contributed by atoms with Crippen LogP contribution in [0.1, 0.15) is 17.5 Å². The van der Waals surface area contributed by atoms with Crippen molar-refractivity contribution in [1.29, 1.82) is 0 Å². The third kappa shape index (κ3) is 4.41. The fraction of sp³-hybridized carbons (Fsp3) is 0.0455. The van der Waals surface area contributed by atoms with Crippen molar-refractivity contribution in [1.82, 2.24) is 4.98 Å². The topological polar surface area (TPSA) is 84.2 Å². The van der Waals surface area contributed by atoms with Gasteiger partial charge < -0.3 is 15.1 Å². The van der Waals surface area contributed by atoms with E-state index >= 15 is 0 Å². The molecule has 2 N–H and O–H groups in total. The maximum absolute atomic E-state index is 12.0. The first-order chi connectivity index (χ1) is 14.1. The lowest BCUT2D eigenvalue weighted by Crippen LogP contribution is -2.10. The van der Waals surface area contributed by atoms with Crippen molar-refractivity contribution < 1.29 is 14.0 Å². The van der Waals surface area contributed by atoms with Crippen LogP contribution in [-0.4, -0.2) is 16.8 Å². The lowest BCUT2D eigenvalue weighted by atomic mass is 10.1. The first-order valence-electron chi connectivity index (χ1n) is 8.87. The number of carbonyl (C=O) groups is 2. The highest BCUT2D eigenvalue weighted by Gasteiger charge is 2.10. The summed E-state index contributed by atoms with van der Waals surface area (Å²) in [6.45, 7) is 1.48. The SMILES string of the molecule is CC(=O)Nc1ccc(-c2csc(-c3ccc(NC(=O)c4ccco4)cc3)n2)cc1. The van der Waals surface area contributed by atoms with E-state index in [-0.39, 0.29) is 17.6 Å². The molecule has 0 aliphatic carbocycles. The maximum atomic E-state index is 12.0. The largest absolute Gasteiger partial charge is 0.459 e. The molecule has 2 aromatic carbocycles. The standard InChI is InChI=1S/C22H17N3O3S/c1-14(26)23-17-8-4-15(5-9-17)19-13-29-22(25-19)16-6-10-18(11-7-16)24-21(27)20-3-2-12-28-20/h2-13H,1H3,(H,23,26)(H,24,27). The molecule has 0 aliphatic heterocycles. The van der Waals surface area contributed by atoms with Gasteiger partial charge in [-0.1, -0.05) is 12.1 Å². The van der Waals surface area contributed by atoms with Crippen LogP contribution in [-0.2, 0) is 4.79 Å². The summed E-state index contributed by atoms with van der Waals surface area (Å²) in [5.41, 5.74) is 4.25.